The molecular formula is C20H35IN4O. The number of rotatable bonds is 8. The Kier molecular flexibility index (Phi) is 11.9. The highest BCUT2D eigenvalue weighted by Crippen LogP contribution is 2.10. The highest BCUT2D eigenvalue weighted by molar-refractivity contribution is 14.0. The van der Waals surface area contributed by atoms with Crippen molar-refractivity contribution in [3.05, 3.63) is 34.9 Å². The van der Waals surface area contributed by atoms with Crippen LogP contribution in [0.2, 0.25) is 0 Å². The number of ether oxygens (including phenoxy) is 1. The zero-order valence-electron chi connectivity index (χ0n) is 16.5. The van der Waals surface area contributed by atoms with E-state index in [1.54, 1.807) is 0 Å². The molecule has 26 heavy (non-hydrogen) atoms. The summed E-state index contributed by atoms with van der Waals surface area (Å²) in [7, 11) is 0. The Balaban J connectivity index is 0.00000338. The number of halogens is 1. The van der Waals surface area contributed by atoms with Gasteiger partial charge in [-0.05, 0) is 44.7 Å². The molecule has 0 atom stereocenters. The molecule has 0 aromatic heterocycles. The second kappa shape index (κ2) is 13.3. The summed E-state index contributed by atoms with van der Waals surface area (Å²) >= 11 is 0. The zero-order valence-corrected chi connectivity index (χ0v) is 18.8. The van der Waals surface area contributed by atoms with Gasteiger partial charge < -0.3 is 15.4 Å². The number of hydrogen-bond donors (Lipinski definition) is 2. The first kappa shape index (κ1) is 23.2. The molecular weight excluding hydrogens is 439 g/mol. The minimum absolute atomic E-state index is 0. The van der Waals surface area contributed by atoms with E-state index in [4.69, 9.17) is 9.73 Å². The lowest BCUT2D eigenvalue weighted by molar-refractivity contribution is 0.0377. The van der Waals surface area contributed by atoms with Gasteiger partial charge in [0.2, 0.25) is 0 Å². The Morgan fingerprint density at radius 2 is 1.96 bits per heavy atom. The Labute approximate surface area is 176 Å². The minimum atomic E-state index is 0. The summed E-state index contributed by atoms with van der Waals surface area (Å²) in [6.07, 6.45) is 2.11. The predicted octanol–water partition coefficient (Wildman–Crippen LogP) is 2.74. The molecule has 0 amide bonds. The summed E-state index contributed by atoms with van der Waals surface area (Å²) in [5.41, 5.74) is 4.10. The summed E-state index contributed by atoms with van der Waals surface area (Å²) < 4.78 is 5.38. The van der Waals surface area contributed by atoms with Gasteiger partial charge in [0.05, 0.1) is 13.2 Å². The summed E-state index contributed by atoms with van der Waals surface area (Å²) in [4.78, 5) is 7.16. The van der Waals surface area contributed by atoms with Gasteiger partial charge in [-0.3, -0.25) is 9.89 Å². The van der Waals surface area contributed by atoms with Crippen LogP contribution in [-0.2, 0) is 11.2 Å². The van der Waals surface area contributed by atoms with Crippen LogP contribution in [0, 0.1) is 13.8 Å². The molecule has 0 bridgehead atoms. The van der Waals surface area contributed by atoms with Crippen LogP contribution in [0.25, 0.3) is 0 Å². The molecule has 1 aliphatic rings. The van der Waals surface area contributed by atoms with Crippen molar-refractivity contribution in [2.24, 2.45) is 4.99 Å². The molecule has 0 unspecified atom stereocenters. The Morgan fingerprint density at radius 3 is 2.65 bits per heavy atom. The fraction of sp³-hybridized carbons (Fsp3) is 0.650. The van der Waals surface area contributed by atoms with Crippen LogP contribution in [-0.4, -0.2) is 63.3 Å². The fourth-order valence-electron chi connectivity index (χ4n) is 3.09. The number of morpholine rings is 1. The number of aryl methyl sites for hydroxylation is 2. The Bertz CT molecular complexity index is 545. The van der Waals surface area contributed by atoms with Gasteiger partial charge in [-0.15, -0.1) is 24.0 Å². The molecule has 0 aliphatic carbocycles. The van der Waals surface area contributed by atoms with Gasteiger partial charge in [0.25, 0.3) is 0 Å². The fourth-order valence-corrected chi connectivity index (χ4v) is 3.09. The molecule has 6 heteroatoms. The van der Waals surface area contributed by atoms with E-state index < -0.39 is 0 Å². The molecule has 2 rings (SSSR count). The Morgan fingerprint density at radius 1 is 1.19 bits per heavy atom. The van der Waals surface area contributed by atoms with Crippen LogP contribution in [0.3, 0.4) is 0 Å². The number of guanidine groups is 1. The second-order valence-corrected chi connectivity index (χ2v) is 6.67. The average Bonchev–Trinajstić information content (AvgIpc) is 2.61. The SMILES string of the molecule is CCNC(=NCCCN1CCOCC1)NCCc1ccc(C)cc1C.I. The minimum Gasteiger partial charge on any atom is -0.379 e. The van der Waals surface area contributed by atoms with Crippen molar-refractivity contribution in [2.45, 2.75) is 33.6 Å². The highest BCUT2D eigenvalue weighted by atomic mass is 127. The smallest absolute Gasteiger partial charge is 0.191 e. The van der Waals surface area contributed by atoms with E-state index in [2.05, 4.69) is 54.5 Å². The zero-order chi connectivity index (χ0) is 17.9. The molecule has 1 fully saturated rings. The van der Waals surface area contributed by atoms with Crippen LogP contribution in [0.4, 0.5) is 0 Å². The van der Waals surface area contributed by atoms with Crippen LogP contribution >= 0.6 is 24.0 Å². The molecule has 0 spiro atoms. The van der Waals surface area contributed by atoms with Crippen molar-refractivity contribution in [2.75, 3.05) is 52.5 Å². The van der Waals surface area contributed by atoms with Gasteiger partial charge >= 0.3 is 0 Å². The lowest BCUT2D eigenvalue weighted by Gasteiger charge is -2.26. The van der Waals surface area contributed by atoms with Crippen molar-refractivity contribution in [1.29, 1.82) is 0 Å². The van der Waals surface area contributed by atoms with E-state index in [1.807, 2.05) is 0 Å². The topological polar surface area (TPSA) is 48.9 Å². The molecule has 2 N–H and O–H groups in total. The third kappa shape index (κ3) is 8.68. The van der Waals surface area contributed by atoms with Crippen LogP contribution in [0.15, 0.2) is 23.2 Å². The van der Waals surface area contributed by atoms with Crippen LogP contribution in [0.1, 0.15) is 30.0 Å². The van der Waals surface area contributed by atoms with E-state index in [0.717, 1.165) is 71.3 Å². The van der Waals surface area contributed by atoms with Crippen molar-refractivity contribution < 1.29 is 4.74 Å². The van der Waals surface area contributed by atoms with Gasteiger partial charge in [-0.1, -0.05) is 23.8 Å². The highest BCUT2D eigenvalue weighted by Gasteiger charge is 2.09. The largest absolute Gasteiger partial charge is 0.379 e. The van der Waals surface area contributed by atoms with E-state index in [9.17, 15) is 0 Å². The summed E-state index contributed by atoms with van der Waals surface area (Å²) in [6, 6.07) is 6.67. The first-order chi connectivity index (χ1) is 12.2. The number of benzene rings is 1. The molecule has 148 valence electrons. The van der Waals surface area contributed by atoms with Gasteiger partial charge in [-0.25, -0.2) is 0 Å². The maximum atomic E-state index is 5.38. The van der Waals surface area contributed by atoms with Gasteiger partial charge in [-0.2, -0.15) is 0 Å². The molecule has 1 saturated heterocycles. The van der Waals surface area contributed by atoms with Crippen molar-refractivity contribution in [3.63, 3.8) is 0 Å². The van der Waals surface area contributed by atoms with E-state index in [0.29, 0.717) is 0 Å². The van der Waals surface area contributed by atoms with Crippen LogP contribution in [0.5, 0.6) is 0 Å². The molecule has 1 aromatic rings. The first-order valence-corrected chi connectivity index (χ1v) is 9.57. The lowest BCUT2D eigenvalue weighted by Crippen LogP contribution is -2.39. The molecule has 1 heterocycles. The Hall–Kier alpha value is -0.860. The monoisotopic (exact) mass is 474 g/mol. The third-order valence-electron chi connectivity index (χ3n) is 4.54. The van der Waals surface area contributed by atoms with Crippen LogP contribution < -0.4 is 10.6 Å². The standard InChI is InChI=1S/C20H34N4O.HI/c1-4-21-20(22-9-5-11-24-12-14-25-15-13-24)23-10-8-19-7-6-17(2)16-18(19)3;/h6-7,16H,4-5,8-15H2,1-3H3,(H2,21,22,23);1H. The van der Waals surface area contributed by atoms with E-state index in [-0.39, 0.29) is 24.0 Å². The van der Waals surface area contributed by atoms with Crippen molar-refractivity contribution >= 4 is 29.9 Å². The van der Waals surface area contributed by atoms with Crippen molar-refractivity contribution in [1.82, 2.24) is 15.5 Å². The van der Waals surface area contributed by atoms with Gasteiger partial charge in [0, 0.05) is 39.3 Å². The molecule has 1 aliphatic heterocycles. The lowest BCUT2D eigenvalue weighted by atomic mass is 10.0. The van der Waals surface area contributed by atoms with E-state index >= 15 is 0 Å². The van der Waals surface area contributed by atoms with E-state index in [1.165, 1.54) is 16.7 Å². The normalized spacial score (nSPS) is 15.4. The quantitative estimate of drug-likeness (QED) is 0.263. The maximum Gasteiger partial charge on any atom is 0.191 e. The molecule has 0 radical (unpaired) electrons. The van der Waals surface area contributed by atoms with Gasteiger partial charge in [0.15, 0.2) is 5.96 Å². The summed E-state index contributed by atoms with van der Waals surface area (Å²) in [5.74, 6) is 0.925. The number of nitrogens with zero attached hydrogens (tertiary/aromatic N) is 2. The number of aliphatic imine (C=N–C) groups is 1. The van der Waals surface area contributed by atoms with Gasteiger partial charge in [0.1, 0.15) is 0 Å². The predicted molar refractivity (Wildman–Crippen MR) is 121 cm³/mol. The summed E-state index contributed by atoms with van der Waals surface area (Å²) in [5, 5.41) is 6.79. The number of nitrogens with one attached hydrogen (secondary N) is 2. The molecule has 0 saturated carbocycles. The molecule has 1 aromatic carbocycles. The van der Waals surface area contributed by atoms with Crippen molar-refractivity contribution in [3.8, 4) is 0 Å². The molecule has 5 nitrogen and oxygen atoms in total. The number of hydrogen-bond acceptors (Lipinski definition) is 3. The second-order valence-electron chi connectivity index (χ2n) is 6.67. The summed E-state index contributed by atoms with van der Waals surface area (Å²) in [6.45, 7) is 14.0. The maximum absolute atomic E-state index is 5.38. The average molecular weight is 474 g/mol. The first-order valence-electron chi connectivity index (χ1n) is 9.57. The third-order valence-corrected chi connectivity index (χ3v) is 4.54.